The average Bonchev–Trinajstić information content (AvgIpc) is 2.85. The van der Waals surface area contributed by atoms with Gasteiger partial charge in [0.25, 0.3) is 0 Å². The number of amides is 1. The van der Waals surface area contributed by atoms with Gasteiger partial charge in [-0.15, -0.1) is 0 Å². The molecule has 1 amide bonds. The molecule has 22 heavy (non-hydrogen) atoms. The summed E-state index contributed by atoms with van der Waals surface area (Å²) in [6, 6.07) is 10.0. The van der Waals surface area contributed by atoms with Gasteiger partial charge in [-0.25, -0.2) is 0 Å². The molecule has 2 fully saturated rings. The number of hydrogen-bond acceptors (Lipinski definition) is 3. The Hall–Kier alpha value is -1.86. The number of anilines is 1. The number of nitrogens with zero attached hydrogens (tertiary/aromatic N) is 3. The molecule has 1 spiro atoms. The molecule has 2 saturated heterocycles. The molecule has 1 aromatic rings. The van der Waals surface area contributed by atoms with Crippen molar-refractivity contribution in [3.8, 4) is 6.07 Å². The SMILES string of the molecule is CC(C)N1CCC2(CCN(c3ccc(C#N)cc3)C2=O)CC1. The lowest BCUT2D eigenvalue weighted by molar-refractivity contribution is -0.128. The minimum absolute atomic E-state index is 0.153. The van der Waals surface area contributed by atoms with E-state index in [0.717, 1.165) is 44.6 Å². The molecule has 0 aromatic heterocycles. The largest absolute Gasteiger partial charge is 0.312 e. The molecule has 0 radical (unpaired) electrons. The van der Waals surface area contributed by atoms with Crippen molar-refractivity contribution in [3.05, 3.63) is 29.8 Å². The topological polar surface area (TPSA) is 47.3 Å². The Bertz CT molecular complexity index is 592. The van der Waals surface area contributed by atoms with Crippen molar-refractivity contribution in [3.63, 3.8) is 0 Å². The van der Waals surface area contributed by atoms with Crippen LogP contribution in [0.2, 0.25) is 0 Å². The Labute approximate surface area is 132 Å². The maximum absolute atomic E-state index is 13.0. The molecule has 2 aliphatic rings. The van der Waals surface area contributed by atoms with Crippen LogP contribution in [0.25, 0.3) is 0 Å². The van der Waals surface area contributed by atoms with Crippen molar-refractivity contribution < 1.29 is 4.79 Å². The van der Waals surface area contributed by atoms with Gasteiger partial charge in [-0.3, -0.25) is 4.79 Å². The minimum atomic E-state index is -0.153. The number of carbonyl (C=O) groups excluding carboxylic acids is 1. The average molecular weight is 297 g/mol. The number of carbonyl (C=O) groups is 1. The maximum atomic E-state index is 13.0. The fourth-order valence-corrected chi connectivity index (χ4v) is 3.72. The minimum Gasteiger partial charge on any atom is -0.312 e. The zero-order valence-corrected chi connectivity index (χ0v) is 13.4. The summed E-state index contributed by atoms with van der Waals surface area (Å²) in [6.45, 7) is 7.27. The van der Waals surface area contributed by atoms with Gasteiger partial charge in [0.15, 0.2) is 0 Å². The fraction of sp³-hybridized carbons (Fsp3) is 0.556. The Morgan fingerprint density at radius 2 is 1.68 bits per heavy atom. The Kier molecular flexibility index (Phi) is 3.92. The second-order valence-electron chi connectivity index (χ2n) is 6.78. The quantitative estimate of drug-likeness (QED) is 0.843. The molecule has 0 aliphatic carbocycles. The number of likely N-dealkylation sites (tertiary alicyclic amines) is 1. The standard InChI is InChI=1S/C18H23N3O/c1-14(2)20-10-7-18(8-11-20)9-12-21(17(18)22)16-5-3-15(13-19)4-6-16/h3-6,14H,7-12H2,1-2H3. The van der Waals surface area contributed by atoms with Gasteiger partial charge >= 0.3 is 0 Å². The van der Waals surface area contributed by atoms with Crippen molar-refractivity contribution in [2.75, 3.05) is 24.5 Å². The van der Waals surface area contributed by atoms with Gasteiger partial charge in [0.1, 0.15) is 0 Å². The van der Waals surface area contributed by atoms with E-state index in [1.54, 1.807) is 12.1 Å². The molecular formula is C18H23N3O. The summed E-state index contributed by atoms with van der Waals surface area (Å²) in [6.07, 6.45) is 2.89. The van der Waals surface area contributed by atoms with E-state index in [1.807, 2.05) is 17.0 Å². The van der Waals surface area contributed by atoms with Gasteiger partial charge < -0.3 is 9.80 Å². The lowest BCUT2D eigenvalue weighted by Gasteiger charge is -2.39. The molecule has 0 saturated carbocycles. The lowest BCUT2D eigenvalue weighted by Crippen LogP contribution is -2.46. The summed E-state index contributed by atoms with van der Waals surface area (Å²) in [5.41, 5.74) is 1.40. The summed E-state index contributed by atoms with van der Waals surface area (Å²) in [7, 11) is 0. The second-order valence-corrected chi connectivity index (χ2v) is 6.78. The van der Waals surface area contributed by atoms with Crippen LogP contribution in [0.1, 0.15) is 38.7 Å². The van der Waals surface area contributed by atoms with E-state index >= 15 is 0 Å². The van der Waals surface area contributed by atoms with E-state index in [0.29, 0.717) is 11.6 Å². The van der Waals surface area contributed by atoms with E-state index in [-0.39, 0.29) is 11.3 Å². The van der Waals surface area contributed by atoms with Crippen molar-refractivity contribution in [1.29, 1.82) is 5.26 Å². The Morgan fingerprint density at radius 1 is 1.09 bits per heavy atom. The van der Waals surface area contributed by atoms with Gasteiger partial charge in [-0.2, -0.15) is 5.26 Å². The van der Waals surface area contributed by atoms with Gasteiger partial charge in [-0.05, 0) is 70.5 Å². The summed E-state index contributed by atoms with van der Waals surface area (Å²) >= 11 is 0. The van der Waals surface area contributed by atoms with Crippen LogP contribution in [-0.2, 0) is 4.79 Å². The normalized spacial score (nSPS) is 21.5. The molecule has 0 N–H and O–H groups in total. The molecule has 3 rings (SSSR count). The third kappa shape index (κ3) is 2.50. The van der Waals surface area contributed by atoms with Crippen molar-refractivity contribution in [1.82, 2.24) is 4.90 Å². The molecule has 2 heterocycles. The van der Waals surface area contributed by atoms with Crippen LogP contribution < -0.4 is 4.90 Å². The molecular weight excluding hydrogens is 274 g/mol. The van der Waals surface area contributed by atoms with Gasteiger partial charge in [0, 0.05) is 18.3 Å². The Morgan fingerprint density at radius 3 is 2.23 bits per heavy atom. The van der Waals surface area contributed by atoms with Gasteiger partial charge in [0.2, 0.25) is 5.91 Å². The molecule has 1 aromatic carbocycles. The van der Waals surface area contributed by atoms with Crippen LogP contribution in [0.15, 0.2) is 24.3 Å². The van der Waals surface area contributed by atoms with Crippen LogP contribution in [-0.4, -0.2) is 36.5 Å². The second kappa shape index (κ2) is 5.73. The van der Waals surface area contributed by atoms with Crippen molar-refractivity contribution >= 4 is 11.6 Å². The number of rotatable bonds is 2. The van der Waals surface area contributed by atoms with E-state index in [9.17, 15) is 4.79 Å². The molecule has 4 nitrogen and oxygen atoms in total. The van der Waals surface area contributed by atoms with Crippen molar-refractivity contribution in [2.24, 2.45) is 5.41 Å². The van der Waals surface area contributed by atoms with Crippen molar-refractivity contribution in [2.45, 2.75) is 39.2 Å². The fourth-order valence-electron chi connectivity index (χ4n) is 3.72. The summed E-state index contributed by atoms with van der Waals surface area (Å²) in [4.78, 5) is 17.3. The van der Waals surface area contributed by atoms with E-state index in [2.05, 4.69) is 24.8 Å². The van der Waals surface area contributed by atoms with Crippen LogP contribution in [0.4, 0.5) is 5.69 Å². The monoisotopic (exact) mass is 297 g/mol. The highest BCUT2D eigenvalue weighted by molar-refractivity contribution is 6.00. The maximum Gasteiger partial charge on any atom is 0.233 e. The zero-order valence-electron chi connectivity index (χ0n) is 13.4. The lowest BCUT2D eigenvalue weighted by atomic mass is 9.77. The first-order chi connectivity index (χ1) is 10.6. The number of hydrogen-bond donors (Lipinski definition) is 0. The van der Waals surface area contributed by atoms with E-state index in [1.165, 1.54) is 0 Å². The van der Waals surface area contributed by atoms with E-state index < -0.39 is 0 Å². The molecule has 4 heteroatoms. The first-order valence-corrected chi connectivity index (χ1v) is 8.12. The van der Waals surface area contributed by atoms with E-state index in [4.69, 9.17) is 5.26 Å². The molecule has 116 valence electrons. The highest BCUT2D eigenvalue weighted by Crippen LogP contribution is 2.43. The molecule has 0 unspecified atom stereocenters. The molecule has 2 aliphatic heterocycles. The number of piperidine rings is 1. The number of nitriles is 1. The smallest absolute Gasteiger partial charge is 0.233 e. The first kappa shape index (κ1) is 15.1. The third-order valence-electron chi connectivity index (χ3n) is 5.31. The van der Waals surface area contributed by atoms with Gasteiger partial charge in [0.05, 0.1) is 17.0 Å². The van der Waals surface area contributed by atoms with Crippen LogP contribution >= 0.6 is 0 Å². The Balaban J connectivity index is 1.74. The summed E-state index contributed by atoms with van der Waals surface area (Å²) in [5.74, 6) is 0.278. The zero-order chi connectivity index (χ0) is 15.7. The number of benzene rings is 1. The predicted molar refractivity (Wildman–Crippen MR) is 86.5 cm³/mol. The molecule has 0 atom stereocenters. The van der Waals surface area contributed by atoms with Gasteiger partial charge in [-0.1, -0.05) is 0 Å². The molecule has 0 bridgehead atoms. The first-order valence-electron chi connectivity index (χ1n) is 8.12. The van der Waals surface area contributed by atoms with Crippen LogP contribution in [0, 0.1) is 16.7 Å². The predicted octanol–water partition coefficient (Wildman–Crippen LogP) is 2.79. The van der Waals surface area contributed by atoms with Crippen LogP contribution in [0.3, 0.4) is 0 Å². The summed E-state index contributed by atoms with van der Waals surface area (Å²) in [5, 5.41) is 8.88. The van der Waals surface area contributed by atoms with Crippen LogP contribution in [0.5, 0.6) is 0 Å². The highest BCUT2D eigenvalue weighted by Gasteiger charge is 2.48. The summed E-state index contributed by atoms with van der Waals surface area (Å²) < 4.78 is 0. The highest BCUT2D eigenvalue weighted by atomic mass is 16.2. The third-order valence-corrected chi connectivity index (χ3v) is 5.31.